The highest BCUT2D eigenvalue weighted by atomic mass is 16.5. The first-order chi connectivity index (χ1) is 8.41. The summed E-state index contributed by atoms with van der Waals surface area (Å²) in [5.41, 5.74) is 3.80. The van der Waals surface area contributed by atoms with Gasteiger partial charge in [0.25, 0.3) is 0 Å². The average Bonchev–Trinajstić information content (AvgIpc) is 2.35. The normalized spacial score (nSPS) is 10.9. The van der Waals surface area contributed by atoms with Crippen LogP contribution in [0.4, 0.5) is 0 Å². The van der Waals surface area contributed by atoms with Gasteiger partial charge >= 0.3 is 0 Å². The number of quaternary nitrogens is 1. The lowest BCUT2D eigenvalue weighted by atomic mass is 10.1. The van der Waals surface area contributed by atoms with E-state index >= 15 is 0 Å². The van der Waals surface area contributed by atoms with Gasteiger partial charge < -0.3 is 10.5 Å². The van der Waals surface area contributed by atoms with Crippen LogP contribution < -0.4 is 5.73 Å². The van der Waals surface area contributed by atoms with Crippen LogP contribution >= 0.6 is 0 Å². The molecule has 0 saturated heterocycles. The van der Waals surface area contributed by atoms with Gasteiger partial charge in [0.1, 0.15) is 0 Å². The molecule has 0 unspecified atom stereocenters. The van der Waals surface area contributed by atoms with Gasteiger partial charge in [0, 0.05) is 13.0 Å². The van der Waals surface area contributed by atoms with Gasteiger partial charge in [-0.3, -0.25) is 0 Å². The second kappa shape index (κ2) is 15.9. The Bertz CT molecular complexity index is 114. The van der Waals surface area contributed by atoms with Crippen LogP contribution in [-0.4, -0.2) is 19.8 Å². The minimum absolute atomic E-state index is 0.904. The van der Waals surface area contributed by atoms with E-state index in [9.17, 15) is 0 Å². The molecule has 0 atom stereocenters. The molecule has 0 radical (unpaired) electrons. The number of hydrogen-bond donors (Lipinski definition) is 1. The summed E-state index contributed by atoms with van der Waals surface area (Å²) in [6, 6.07) is 0. The van der Waals surface area contributed by atoms with E-state index in [1.54, 1.807) is 0 Å². The molecule has 0 heterocycles. The summed E-state index contributed by atoms with van der Waals surface area (Å²) in [6.07, 6.45) is 15.1. The van der Waals surface area contributed by atoms with Gasteiger partial charge in [0.2, 0.25) is 0 Å². The zero-order valence-corrected chi connectivity index (χ0v) is 12.0. The van der Waals surface area contributed by atoms with Crippen LogP contribution in [0.5, 0.6) is 0 Å². The maximum absolute atomic E-state index is 5.51. The summed E-state index contributed by atoms with van der Waals surface area (Å²) in [5, 5.41) is 0. The van der Waals surface area contributed by atoms with Crippen molar-refractivity contribution in [3.8, 4) is 0 Å². The summed E-state index contributed by atoms with van der Waals surface area (Å²) in [6.45, 7) is 5.13. The molecule has 0 spiro atoms. The van der Waals surface area contributed by atoms with E-state index in [0.29, 0.717) is 0 Å². The Labute approximate surface area is 108 Å². The lowest BCUT2D eigenvalue weighted by Crippen LogP contribution is -2.50. The fourth-order valence-corrected chi connectivity index (χ4v) is 2.00. The van der Waals surface area contributed by atoms with Crippen LogP contribution in [-0.2, 0) is 4.74 Å². The maximum atomic E-state index is 5.51. The van der Waals surface area contributed by atoms with Gasteiger partial charge in [-0.2, -0.15) is 0 Å². The van der Waals surface area contributed by atoms with E-state index in [1.165, 1.54) is 64.2 Å². The highest BCUT2D eigenvalue weighted by Crippen LogP contribution is 2.10. The monoisotopic (exact) mass is 244 g/mol. The molecule has 2 heteroatoms. The molecule has 0 aliphatic rings. The lowest BCUT2D eigenvalue weighted by molar-refractivity contribution is -0.369. The van der Waals surface area contributed by atoms with Gasteiger partial charge in [0.05, 0.1) is 13.2 Å². The third-order valence-electron chi connectivity index (χ3n) is 3.18. The van der Waals surface area contributed by atoms with Gasteiger partial charge in [-0.1, -0.05) is 64.7 Å². The molecule has 17 heavy (non-hydrogen) atoms. The topological polar surface area (TPSA) is 36.9 Å². The van der Waals surface area contributed by atoms with Gasteiger partial charge in [-0.25, -0.2) is 0 Å². The fourth-order valence-electron chi connectivity index (χ4n) is 2.00. The first-order valence-electron chi connectivity index (χ1n) is 7.78. The summed E-state index contributed by atoms with van der Waals surface area (Å²) in [5.74, 6) is 0. The van der Waals surface area contributed by atoms with E-state index in [4.69, 9.17) is 4.74 Å². The van der Waals surface area contributed by atoms with Crippen LogP contribution in [0.1, 0.15) is 77.6 Å². The second-order valence-corrected chi connectivity index (χ2v) is 5.00. The third kappa shape index (κ3) is 15.9. The molecule has 0 saturated carbocycles. The fraction of sp³-hybridized carbons (Fsp3) is 1.00. The molecule has 0 aromatic carbocycles. The molecule has 0 aromatic rings. The van der Waals surface area contributed by atoms with Crippen LogP contribution in [0, 0.1) is 0 Å². The van der Waals surface area contributed by atoms with Gasteiger partial charge in [-0.15, -0.1) is 0 Å². The Kier molecular flexibility index (Phi) is 15.8. The van der Waals surface area contributed by atoms with E-state index in [-0.39, 0.29) is 0 Å². The predicted molar refractivity (Wildman–Crippen MR) is 75.0 cm³/mol. The average molecular weight is 244 g/mol. The van der Waals surface area contributed by atoms with E-state index < -0.39 is 0 Å². The smallest absolute Gasteiger partial charge is 0.0762 e. The molecule has 0 fully saturated rings. The Morgan fingerprint density at radius 2 is 1.12 bits per heavy atom. The van der Waals surface area contributed by atoms with Crippen molar-refractivity contribution in [2.24, 2.45) is 0 Å². The quantitative estimate of drug-likeness (QED) is 0.466. The summed E-state index contributed by atoms with van der Waals surface area (Å²) >= 11 is 0. The van der Waals surface area contributed by atoms with Crippen molar-refractivity contribution in [2.45, 2.75) is 77.6 Å². The number of unbranched alkanes of at least 4 members (excludes halogenated alkanes) is 9. The highest BCUT2D eigenvalue weighted by Gasteiger charge is 1.93. The molecule has 0 rings (SSSR count). The van der Waals surface area contributed by atoms with E-state index in [0.717, 1.165) is 26.2 Å². The van der Waals surface area contributed by atoms with Crippen molar-refractivity contribution in [3.63, 3.8) is 0 Å². The molecular weight excluding hydrogens is 210 g/mol. The Hall–Kier alpha value is -0.0800. The zero-order chi connectivity index (χ0) is 12.6. The molecule has 0 aliphatic carbocycles. The zero-order valence-electron chi connectivity index (χ0n) is 12.0. The van der Waals surface area contributed by atoms with E-state index in [1.807, 2.05) is 0 Å². The summed E-state index contributed by atoms with van der Waals surface area (Å²) in [7, 11) is 0. The first kappa shape index (κ1) is 16.9. The molecule has 3 N–H and O–H groups in total. The highest BCUT2D eigenvalue weighted by molar-refractivity contribution is 4.47. The van der Waals surface area contributed by atoms with Crippen molar-refractivity contribution in [1.29, 1.82) is 0 Å². The Morgan fingerprint density at radius 3 is 1.65 bits per heavy atom. The molecule has 0 amide bonds. The van der Waals surface area contributed by atoms with Crippen LogP contribution in [0.25, 0.3) is 0 Å². The number of rotatable bonds is 14. The van der Waals surface area contributed by atoms with Gasteiger partial charge in [-0.05, 0) is 6.42 Å². The van der Waals surface area contributed by atoms with Gasteiger partial charge in [0.15, 0.2) is 0 Å². The largest absolute Gasteiger partial charge is 0.381 e. The summed E-state index contributed by atoms with van der Waals surface area (Å²) in [4.78, 5) is 0. The molecule has 0 bridgehead atoms. The SMILES string of the molecule is CCCCCCCCCCCCOCCC[NH3+]. The molecule has 104 valence electrons. The first-order valence-corrected chi connectivity index (χ1v) is 7.78. The maximum Gasteiger partial charge on any atom is 0.0762 e. The van der Waals surface area contributed by atoms with Crippen molar-refractivity contribution in [3.05, 3.63) is 0 Å². The van der Waals surface area contributed by atoms with Crippen molar-refractivity contribution in [2.75, 3.05) is 19.8 Å². The van der Waals surface area contributed by atoms with Crippen LogP contribution in [0.3, 0.4) is 0 Å². The van der Waals surface area contributed by atoms with Crippen molar-refractivity contribution in [1.82, 2.24) is 0 Å². The van der Waals surface area contributed by atoms with Crippen molar-refractivity contribution >= 4 is 0 Å². The molecular formula is C15H34NO+. The Morgan fingerprint density at radius 1 is 0.647 bits per heavy atom. The Balaban J connectivity index is 2.85. The standard InChI is InChI=1S/C15H33NO/c1-2-3-4-5-6-7-8-9-10-11-14-17-15-12-13-16/h2-16H2,1H3/p+1. The second-order valence-electron chi connectivity index (χ2n) is 5.00. The summed E-state index contributed by atoms with van der Waals surface area (Å²) < 4.78 is 5.51. The molecule has 2 nitrogen and oxygen atoms in total. The molecule has 0 aromatic heterocycles. The molecule has 0 aliphatic heterocycles. The van der Waals surface area contributed by atoms with Crippen molar-refractivity contribution < 1.29 is 10.5 Å². The van der Waals surface area contributed by atoms with Crippen LogP contribution in [0.15, 0.2) is 0 Å². The predicted octanol–water partition coefficient (Wildman–Crippen LogP) is 3.56. The number of ether oxygens (including phenoxy) is 1. The number of hydrogen-bond acceptors (Lipinski definition) is 1. The third-order valence-corrected chi connectivity index (χ3v) is 3.18. The van der Waals surface area contributed by atoms with E-state index in [2.05, 4.69) is 12.7 Å². The minimum atomic E-state index is 0.904. The van der Waals surface area contributed by atoms with Crippen LogP contribution in [0.2, 0.25) is 0 Å². The minimum Gasteiger partial charge on any atom is -0.381 e. The lowest BCUT2D eigenvalue weighted by Gasteiger charge is -2.03.